The molecule has 0 bridgehead atoms. The van der Waals surface area contributed by atoms with Crippen molar-refractivity contribution in [2.45, 2.75) is 13.5 Å². The van der Waals surface area contributed by atoms with Crippen LogP contribution in [0.3, 0.4) is 0 Å². The molecule has 4 rings (SSSR count). The van der Waals surface area contributed by atoms with Gasteiger partial charge in [-0.15, -0.1) is 5.10 Å². The number of hydrogen-bond donors (Lipinski definition) is 1. The van der Waals surface area contributed by atoms with Crippen LogP contribution in [0, 0.1) is 0 Å². The summed E-state index contributed by atoms with van der Waals surface area (Å²) in [5.74, 6) is 0.586. The fourth-order valence-electron chi connectivity index (χ4n) is 2.01. The van der Waals surface area contributed by atoms with Gasteiger partial charge < -0.3 is 0 Å². The van der Waals surface area contributed by atoms with Crippen molar-refractivity contribution >= 4 is 16.7 Å². The standard InChI is InChI=1S/C11H10N8/c1-2-18-4-3-8(16-18)10-14-11-7-5-13-15-9(7)12-6-19(11)17-10/h3-6H,2H2,1H3,(H,13,15). The van der Waals surface area contributed by atoms with E-state index in [4.69, 9.17) is 0 Å². The molecule has 0 amide bonds. The zero-order valence-electron chi connectivity index (χ0n) is 10.1. The fourth-order valence-corrected chi connectivity index (χ4v) is 2.01. The first-order valence-corrected chi connectivity index (χ1v) is 5.93. The summed E-state index contributed by atoms with van der Waals surface area (Å²) < 4.78 is 3.48. The van der Waals surface area contributed by atoms with Crippen LogP contribution in [0.4, 0.5) is 0 Å². The molecule has 0 atom stereocenters. The summed E-state index contributed by atoms with van der Waals surface area (Å²) in [6.07, 6.45) is 5.22. The van der Waals surface area contributed by atoms with E-state index in [1.54, 1.807) is 17.0 Å². The van der Waals surface area contributed by atoms with Crippen molar-refractivity contribution in [2.24, 2.45) is 0 Å². The van der Waals surface area contributed by atoms with Gasteiger partial charge in [0.1, 0.15) is 12.0 Å². The monoisotopic (exact) mass is 254 g/mol. The Balaban J connectivity index is 1.95. The molecule has 0 saturated heterocycles. The molecule has 4 aromatic rings. The van der Waals surface area contributed by atoms with E-state index >= 15 is 0 Å². The molecule has 0 aromatic carbocycles. The second-order valence-corrected chi connectivity index (χ2v) is 4.14. The molecule has 8 heteroatoms. The van der Waals surface area contributed by atoms with Gasteiger partial charge in [-0.05, 0) is 13.0 Å². The lowest BCUT2D eigenvalue weighted by molar-refractivity contribution is 0.661. The van der Waals surface area contributed by atoms with Crippen LogP contribution in [0.1, 0.15) is 6.92 Å². The number of hydrogen-bond acceptors (Lipinski definition) is 5. The van der Waals surface area contributed by atoms with E-state index in [1.807, 2.05) is 23.9 Å². The fraction of sp³-hybridized carbons (Fsp3) is 0.182. The molecule has 0 aliphatic rings. The zero-order valence-corrected chi connectivity index (χ0v) is 10.1. The first kappa shape index (κ1) is 10.2. The number of rotatable bonds is 2. The minimum Gasteiger partial charge on any atom is -0.272 e. The summed E-state index contributed by atoms with van der Waals surface area (Å²) in [5, 5.41) is 16.4. The minimum atomic E-state index is 0.586. The minimum absolute atomic E-state index is 0.586. The summed E-state index contributed by atoms with van der Waals surface area (Å²) >= 11 is 0. The Kier molecular flexibility index (Phi) is 1.93. The van der Waals surface area contributed by atoms with E-state index < -0.39 is 0 Å². The van der Waals surface area contributed by atoms with Gasteiger partial charge >= 0.3 is 0 Å². The summed E-state index contributed by atoms with van der Waals surface area (Å²) in [5.41, 5.74) is 2.17. The number of nitrogens with zero attached hydrogens (tertiary/aromatic N) is 7. The van der Waals surface area contributed by atoms with Gasteiger partial charge in [-0.3, -0.25) is 9.78 Å². The van der Waals surface area contributed by atoms with Gasteiger partial charge in [0.05, 0.1) is 11.6 Å². The molecule has 94 valence electrons. The molecular weight excluding hydrogens is 244 g/mol. The van der Waals surface area contributed by atoms with Crippen LogP contribution in [-0.4, -0.2) is 39.6 Å². The van der Waals surface area contributed by atoms with E-state index in [1.165, 1.54) is 0 Å². The Labute approximate surface area is 107 Å². The number of aromatic amines is 1. The molecule has 1 N–H and O–H groups in total. The maximum atomic E-state index is 4.51. The molecule has 0 spiro atoms. The van der Waals surface area contributed by atoms with Crippen LogP contribution in [0.25, 0.3) is 28.2 Å². The lowest BCUT2D eigenvalue weighted by atomic mass is 10.4. The van der Waals surface area contributed by atoms with Crippen molar-refractivity contribution < 1.29 is 0 Å². The Morgan fingerprint density at radius 2 is 2.26 bits per heavy atom. The second-order valence-electron chi connectivity index (χ2n) is 4.14. The molecule has 0 fully saturated rings. The average molecular weight is 254 g/mol. The Morgan fingerprint density at radius 3 is 3.11 bits per heavy atom. The van der Waals surface area contributed by atoms with E-state index in [-0.39, 0.29) is 0 Å². The van der Waals surface area contributed by atoms with E-state index in [0.717, 1.165) is 23.3 Å². The molecule has 0 saturated carbocycles. The molecule has 8 nitrogen and oxygen atoms in total. The van der Waals surface area contributed by atoms with Gasteiger partial charge in [-0.1, -0.05) is 0 Å². The number of fused-ring (bicyclic) bond motifs is 3. The number of aryl methyl sites for hydroxylation is 1. The molecule has 0 aliphatic carbocycles. The van der Waals surface area contributed by atoms with Gasteiger partial charge in [0, 0.05) is 12.7 Å². The lowest BCUT2D eigenvalue weighted by Crippen LogP contribution is -1.94. The van der Waals surface area contributed by atoms with Gasteiger partial charge in [-0.25, -0.2) is 14.5 Å². The topological polar surface area (TPSA) is 89.6 Å². The van der Waals surface area contributed by atoms with Crippen LogP contribution in [0.15, 0.2) is 24.8 Å². The third-order valence-electron chi connectivity index (χ3n) is 2.98. The summed E-state index contributed by atoms with van der Waals surface area (Å²) in [6, 6.07) is 1.90. The first-order chi connectivity index (χ1) is 9.35. The van der Waals surface area contributed by atoms with Crippen LogP contribution in [0.2, 0.25) is 0 Å². The summed E-state index contributed by atoms with van der Waals surface area (Å²) in [7, 11) is 0. The van der Waals surface area contributed by atoms with Crippen molar-refractivity contribution in [1.82, 2.24) is 39.6 Å². The van der Waals surface area contributed by atoms with Crippen molar-refractivity contribution in [3.8, 4) is 11.5 Å². The van der Waals surface area contributed by atoms with Crippen molar-refractivity contribution in [2.75, 3.05) is 0 Å². The van der Waals surface area contributed by atoms with Gasteiger partial charge in [-0.2, -0.15) is 10.2 Å². The molecular formula is C11H10N8. The number of aromatic nitrogens is 8. The van der Waals surface area contributed by atoms with Crippen LogP contribution >= 0.6 is 0 Å². The van der Waals surface area contributed by atoms with Crippen LogP contribution < -0.4 is 0 Å². The highest BCUT2D eigenvalue weighted by Gasteiger charge is 2.12. The highest BCUT2D eigenvalue weighted by molar-refractivity contribution is 5.88. The third kappa shape index (κ3) is 1.43. The maximum absolute atomic E-state index is 4.51. The van der Waals surface area contributed by atoms with Crippen molar-refractivity contribution in [3.05, 3.63) is 24.8 Å². The predicted octanol–water partition coefficient (Wildman–Crippen LogP) is 0.884. The lowest BCUT2D eigenvalue weighted by Gasteiger charge is -1.90. The Bertz CT molecular complexity index is 867. The second kappa shape index (κ2) is 3.61. The molecule has 0 radical (unpaired) electrons. The molecule has 19 heavy (non-hydrogen) atoms. The number of H-pyrrole nitrogens is 1. The van der Waals surface area contributed by atoms with Crippen LogP contribution in [0.5, 0.6) is 0 Å². The van der Waals surface area contributed by atoms with E-state index in [2.05, 4.69) is 30.4 Å². The Morgan fingerprint density at radius 1 is 1.32 bits per heavy atom. The largest absolute Gasteiger partial charge is 0.272 e. The van der Waals surface area contributed by atoms with E-state index in [9.17, 15) is 0 Å². The zero-order chi connectivity index (χ0) is 12.8. The van der Waals surface area contributed by atoms with Crippen molar-refractivity contribution in [1.29, 1.82) is 0 Å². The summed E-state index contributed by atoms with van der Waals surface area (Å²) in [4.78, 5) is 8.72. The summed E-state index contributed by atoms with van der Waals surface area (Å²) in [6.45, 7) is 2.85. The van der Waals surface area contributed by atoms with Gasteiger partial charge in [0.25, 0.3) is 0 Å². The Hall–Kier alpha value is -2.77. The smallest absolute Gasteiger partial charge is 0.202 e. The van der Waals surface area contributed by atoms with Gasteiger partial charge in [0.2, 0.25) is 5.82 Å². The highest BCUT2D eigenvalue weighted by Crippen LogP contribution is 2.18. The average Bonchev–Trinajstić information content (AvgIpc) is 3.15. The number of nitrogens with one attached hydrogen (secondary N) is 1. The van der Waals surface area contributed by atoms with Gasteiger partial charge in [0.15, 0.2) is 11.3 Å². The normalized spacial score (nSPS) is 11.6. The van der Waals surface area contributed by atoms with Crippen molar-refractivity contribution in [3.63, 3.8) is 0 Å². The maximum Gasteiger partial charge on any atom is 0.202 e. The SMILES string of the molecule is CCn1ccc(-c2nc3c4cn[nH]c4ncn3n2)n1. The molecule has 0 aliphatic heterocycles. The molecule has 4 heterocycles. The van der Waals surface area contributed by atoms with Crippen LogP contribution in [-0.2, 0) is 6.54 Å². The highest BCUT2D eigenvalue weighted by atomic mass is 15.3. The quantitative estimate of drug-likeness (QED) is 0.573. The molecule has 4 aromatic heterocycles. The van der Waals surface area contributed by atoms with E-state index in [0.29, 0.717) is 11.5 Å². The first-order valence-electron chi connectivity index (χ1n) is 5.93. The predicted molar refractivity (Wildman–Crippen MR) is 67.3 cm³/mol. The third-order valence-corrected chi connectivity index (χ3v) is 2.98. The molecule has 0 unspecified atom stereocenters.